The molecule has 2 amide bonds. The molecule has 2 aromatic rings. The highest BCUT2D eigenvalue weighted by atomic mass is 35.6. The number of nitrogens with zero attached hydrogens (tertiary/aromatic N) is 2. The Balaban J connectivity index is 1.42. The molecule has 0 spiro atoms. The van der Waals surface area contributed by atoms with Crippen LogP contribution in [0.2, 0.25) is 0 Å². The number of hydrogen-bond acceptors (Lipinski definition) is 4. The fourth-order valence-electron chi connectivity index (χ4n) is 3.89. The molecule has 7 nitrogen and oxygen atoms in total. The molecule has 1 saturated heterocycles. The van der Waals surface area contributed by atoms with Crippen molar-refractivity contribution in [2.75, 3.05) is 5.75 Å². The van der Waals surface area contributed by atoms with Gasteiger partial charge in [0, 0.05) is 29.7 Å². The molecule has 2 atom stereocenters. The SMILES string of the molecule is O=C(Cc1ccccc1)N[C@@H]1C(=O)N2C=C(C[n+]3ccc(C(=O)O)cc3CC(Cl)(Cl)Cl)CS[C@@H]12. The van der Waals surface area contributed by atoms with Crippen molar-refractivity contribution in [3.05, 3.63) is 77.3 Å². The Labute approximate surface area is 215 Å². The summed E-state index contributed by atoms with van der Waals surface area (Å²) >= 11 is 19.4. The van der Waals surface area contributed by atoms with Crippen LogP contribution in [0.5, 0.6) is 0 Å². The molecule has 2 aliphatic rings. The van der Waals surface area contributed by atoms with E-state index in [2.05, 4.69) is 5.32 Å². The van der Waals surface area contributed by atoms with Crippen LogP contribution in [-0.4, -0.2) is 48.8 Å². The van der Waals surface area contributed by atoms with E-state index in [9.17, 15) is 19.5 Å². The normalized spacial score (nSPS) is 19.7. The third-order valence-corrected chi connectivity index (χ3v) is 7.27. The number of pyridine rings is 1. The van der Waals surface area contributed by atoms with E-state index in [0.29, 0.717) is 18.0 Å². The van der Waals surface area contributed by atoms with Gasteiger partial charge >= 0.3 is 5.97 Å². The maximum Gasteiger partial charge on any atom is 0.336 e. The summed E-state index contributed by atoms with van der Waals surface area (Å²) in [6.45, 7) is 0.407. The minimum absolute atomic E-state index is 0.0278. The number of thioether (sulfide) groups is 1. The first-order valence-corrected chi connectivity index (χ1v) is 12.6. The van der Waals surface area contributed by atoms with Gasteiger partial charge in [-0.2, -0.15) is 4.57 Å². The minimum atomic E-state index is -1.59. The number of rotatable bonds is 7. The molecule has 4 rings (SSSR count). The first-order chi connectivity index (χ1) is 16.1. The molecule has 1 fully saturated rings. The Morgan fingerprint density at radius 3 is 2.62 bits per heavy atom. The molecule has 0 radical (unpaired) electrons. The number of benzene rings is 1. The van der Waals surface area contributed by atoms with Gasteiger partial charge < -0.3 is 15.3 Å². The van der Waals surface area contributed by atoms with E-state index in [4.69, 9.17) is 34.8 Å². The van der Waals surface area contributed by atoms with Gasteiger partial charge in [0.2, 0.25) is 5.91 Å². The van der Waals surface area contributed by atoms with Crippen molar-refractivity contribution in [3.63, 3.8) is 0 Å². The van der Waals surface area contributed by atoms with E-state index >= 15 is 0 Å². The monoisotopic (exact) mass is 540 g/mol. The van der Waals surface area contributed by atoms with E-state index in [1.807, 2.05) is 34.9 Å². The molecule has 0 saturated carbocycles. The number of nitrogens with one attached hydrogen (secondary N) is 1. The molecule has 0 aliphatic carbocycles. The van der Waals surface area contributed by atoms with Gasteiger partial charge in [-0.05, 0) is 5.56 Å². The lowest BCUT2D eigenvalue weighted by molar-refractivity contribution is -0.696. The van der Waals surface area contributed by atoms with Gasteiger partial charge in [0.05, 0.1) is 18.4 Å². The van der Waals surface area contributed by atoms with Crippen molar-refractivity contribution < 1.29 is 24.1 Å². The van der Waals surface area contributed by atoms with Crippen LogP contribution in [0.3, 0.4) is 0 Å². The largest absolute Gasteiger partial charge is 0.478 e. The zero-order valence-corrected chi connectivity index (χ0v) is 20.9. The molecule has 1 aromatic carbocycles. The molecule has 2 N–H and O–H groups in total. The smallest absolute Gasteiger partial charge is 0.336 e. The molecule has 11 heteroatoms. The molecular weight excluding hydrogens is 521 g/mol. The summed E-state index contributed by atoms with van der Waals surface area (Å²) in [4.78, 5) is 38.0. The van der Waals surface area contributed by atoms with Gasteiger partial charge in [-0.25, -0.2) is 4.79 Å². The van der Waals surface area contributed by atoms with Crippen LogP contribution >= 0.6 is 46.6 Å². The summed E-state index contributed by atoms with van der Waals surface area (Å²) in [6, 6.07) is 11.8. The number of carbonyl (C=O) groups excluding carboxylic acids is 2. The summed E-state index contributed by atoms with van der Waals surface area (Å²) in [7, 11) is 0. The zero-order valence-electron chi connectivity index (χ0n) is 17.8. The van der Waals surface area contributed by atoms with E-state index in [0.717, 1.165) is 11.1 Å². The van der Waals surface area contributed by atoms with Gasteiger partial charge in [0.15, 0.2) is 22.2 Å². The second-order valence-electron chi connectivity index (χ2n) is 8.07. The van der Waals surface area contributed by atoms with Gasteiger partial charge in [-0.1, -0.05) is 65.1 Å². The predicted octanol–water partition coefficient (Wildman–Crippen LogP) is 3.11. The van der Waals surface area contributed by atoms with Crippen molar-refractivity contribution >= 4 is 64.3 Å². The average Bonchev–Trinajstić information content (AvgIpc) is 2.78. The lowest BCUT2D eigenvalue weighted by atomic mass is 10.1. The fourth-order valence-corrected chi connectivity index (χ4v) is 5.56. The number of halogens is 3. The topological polar surface area (TPSA) is 90.6 Å². The number of aromatic nitrogens is 1. The van der Waals surface area contributed by atoms with Crippen LogP contribution in [0.15, 0.2) is 60.4 Å². The number of hydrogen-bond donors (Lipinski definition) is 2. The highest BCUT2D eigenvalue weighted by Crippen LogP contribution is 2.36. The number of amides is 2. The Bertz CT molecular complexity index is 1150. The molecule has 0 unspecified atom stereocenters. The second kappa shape index (κ2) is 10.2. The first-order valence-electron chi connectivity index (χ1n) is 10.4. The molecular formula is C23H21Cl3N3O4S+. The van der Waals surface area contributed by atoms with Crippen LogP contribution in [-0.2, 0) is 29.0 Å². The molecule has 3 heterocycles. The van der Waals surface area contributed by atoms with Crippen LogP contribution < -0.4 is 9.88 Å². The van der Waals surface area contributed by atoms with Crippen LogP contribution in [0, 0.1) is 0 Å². The van der Waals surface area contributed by atoms with E-state index in [-0.39, 0.29) is 35.6 Å². The number of carboxylic acids is 1. The van der Waals surface area contributed by atoms with Crippen molar-refractivity contribution in [2.45, 2.75) is 34.6 Å². The number of aromatic carboxylic acids is 1. The Kier molecular flexibility index (Phi) is 7.42. The van der Waals surface area contributed by atoms with Gasteiger partial charge in [-0.15, -0.1) is 11.8 Å². The fraction of sp³-hybridized carbons (Fsp3) is 0.304. The Hall–Kier alpha value is -2.26. The predicted molar refractivity (Wildman–Crippen MR) is 131 cm³/mol. The highest BCUT2D eigenvalue weighted by molar-refractivity contribution is 8.00. The zero-order chi connectivity index (χ0) is 24.5. The Morgan fingerprint density at radius 1 is 1.21 bits per heavy atom. The molecule has 0 bridgehead atoms. The minimum Gasteiger partial charge on any atom is -0.478 e. The average molecular weight is 542 g/mol. The van der Waals surface area contributed by atoms with E-state index in [1.165, 1.54) is 12.1 Å². The van der Waals surface area contributed by atoms with Crippen molar-refractivity contribution in [1.29, 1.82) is 0 Å². The maximum absolute atomic E-state index is 12.7. The first kappa shape index (κ1) is 24.9. The summed E-state index contributed by atoms with van der Waals surface area (Å²) in [5, 5.41) is 12.0. The van der Waals surface area contributed by atoms with Crippen LogP contribution in [0.25, 0.3) is 0 Å². The van der Waals surface area contributed by atoms with Crippen molar-refractivity contribution in [1.82, 2.24) is 10.2 Å². The molecule has 2 aliphatic heterocycles. The Morgan fingerprint density at radius 2 is 1.94 bits per heavy atom. The number of fused-ring (bicyclic) bond motifs is 1. The summed E-state index contributed by atoms with van der Waals surface area (Å²) in [5.41, 5.74) is 2.48. The van der Waals surface area contributed by atoms with Gasteiger partial charge in [0.1, 0.15) is 11.4 Å². The van der Waals surface area contributed by atoms with Gasteiger partial charge in [0.25, 0.3) is 5.91 Å². The molecule has 178 valence electrons. The van der Waals surface area contributed by atoms with Crippen molar-refractivity contribution in [3.8, 4) is 0 Å². The molecule has 1 aromatic heterocycles. The number of alkyl halides is 3. The number of carboxylic acid groups (broad SMARTS) is 1. The standard InChI is InChI=1S/C23H20Cl3N3O4S/c24-23(25,26)10-17-9-16(22(32)33)6-7-28(17)11-15-12-29-20(31)19(21(29)34-13-15)27-18(30)8-14-4-2-1-3-5-14/h1-7,9,12,19,21H,8,10-11,13H2,(H-,27,30,32,33)/p+1/t19-,21+/m1/s1. The molecule has 34 heavy (non-hydrogen) atoms. The lowest BCUT2D eigenvalue weighted by Gasteiger charge is -2.47. The maximum atomic E-state index is 12.7. The summed E-state index contributed by atoms with van der Waals surface area (Å²) < 4.78 is 0.225. The number of carbonyl (C=O) groups is 3. The summed E-state index contributed by atoms with van der Waals surface area (Å²) in [6.07, 6.45) is 3.68. The second-order valence-corrected chi connectivity index (χ2v) is 11.7. The lowest BCUT2D eigenvalue weighted by Crippen LogP contribution is -2.68. The van der Waals surface area contributed by atoms with Crippen LogP contribution in [0.1, 0.15) is 21.6 Å². The van der Waals surface area contributed by atoms with E-state index < -0.39 is 15.8 Å². The third kappa shape index (κ3) is 5.86. The van der Waals surface area contributed by atoms with Gasteiger partial charge in [-0.3, -0.25) is 9.59 Å². The highest BCUT2D eigenvalue weighted by Gasteiger charge is 2.49. The number of β-lactam (4-membered cyclic amide) rings is 1. The van der Waals surface area contributed by atoms with Crippen LogP contribution in [0.4, 0.5) is 0 Å². The van der Waals surface area contributed by atoms with Crippen molar-refractivity contribution in [2.24, 2.45) is 0 Å². The third-order valence-electron chi connectivity index (χ3n) is 5.49. The summed E-state index contributed by atoms with van der Waals surface area (Å²) in [5.74, 6) is -0.784. The van der Waals surface area contributed by atoms with E-state index in [1.54, 1.807) is 29.1 Å². The quantitative estimate of drug-likeness (QED) is 0.319.